The maximum Gasteiger partial charge on any atom is 0.214 e. The molecule has 0 aliphatic carbocycles. The number of aryl methyl sites for hydroxylation is 2. The summed E-state index contributed by atoms with van der Waals surface area (Å²) >= 11 is 0. The van der Waals surface area contributed by atoms with Gasteiger partial charge in [0.25, 0.3) is 0 Å². The molecule has 0 amide bonds. The Labute approximate surface area is 179 Å². The van der Waals surface area contributed by atoms with E-state index in [2.05, 4.69) is 34.5 Å². The Hall–Kier alpha value is -1.77. The summed E-state index contributed by atoms with van der Waals surface area (Å²) in [5.74, 6) is 3.60. The van der Waals surface area contributed by atoms with Gasteiger partial charge in [0, 0.05) is 12.1 Å². The van der Waals surface area contributed by atoms with Crippen LogP contribution in [0.2, 0.25) is 0 Å². The highest BCUT2D eigenvalue weighted by Crippen LogP contribution is 2.19. The first kappa shape index (κ1) is 23.3. The second-order valence-corrected chi connectivity index (χ2v) is 6.61. The van der Waals surface area contributed by atoms with Crippen LogP contribution in [-0.4, -0.2) is 24.1 Å². The molecule has 0 aliphatic heterocycles. The second-order valence-electron chi connectivity index (χ2n) is 6.61. The van der Waals surface area contributed by atoms with E-state index in [9.17, 15) is 0 Å². The summed E-state index contributed by atoms with van der Waals surface area (Å²) in [6.45, 7) is 12.7. The summed E-state index contributed by atoms with van der Waals surface area (Å²) in [7, 11) is 0. The molecule has 1 heterocycles. The zero-order valence-corrected chi connectivity index (χ0v) is 19.2. The molecule has 27 heavy (non-hydrogen) atoms. The molecular formula is C20H31IN4O2. The van der Waals surface area contributed by atoms with Gasteiger partial charge in [0.05, 0.1) is 25.4 Å². The number of aromatic nitrogens is 1. The molecule has 0 radical (unpaired) electrons. The van der Waals surface area contributed by atoms with Crippen LogP contribution in [0.5, 0.6) is 5.75 Å². The lowest BCUT2D eigenvalue weighted by molar-refractivity contribution is 0.268. The van der Waals surface area contributed by atoms with Gasteiger partial charge in [0.1, 0.15) is 11.5 Å². The molecule has 1 aromatic heterocycles. The van der Waals surface area contributed by atoms with Gasteiger partial charge in [-0.15, -0.1) is 24.0 Å². The fraction of sp³-hybridized carbons (Fsp3) is 0.500. The third kappa shape index (κ3) is 7.78. The van der Waals surface area contributed by atoms with E-state index in [0.717, 1.165) is 35.3 Å². The highest BCUT2D eigenvalue weighted by Gasteiger charge is 2.08. The maximum atomic E-state index is 5.90. The summed E-state index contributed by atoms with van der Waals surface area (Å²) in [5.41, 5.74) is 1.98. The number of guanidine groups is 1. The topological polar surface area (TPSA) is 71.7 Å². The molecule has 6 nitrogen and oxygen atoms in total. The van der Waals surface area contributed by atoms with Gasteiger partial charge in [-0.2, -0.15) is 0 Å². The highest BCUT2D eigenvalue weighted by molar-refractivity contribution is 14.0. The Kier molecular flexibility index (Phi) is 10.2. The van der Waals surface area contributed by atoms with Gasteiger partial charge in [-0.05, 0) is 32.8 Å². The van der Waals surface area contributed by atoms with Crippen LogP contribution in [0.1, 0.15) is 43.7 Å². The van der Waals surface area contributed by atoms with E-state index in [4.69, 9.17) is 9.15 Å². The minimum Gasteiger partial charge on any atom is -0.493 e. The van der Waals surface area contributed by atoms with Gasteiger partial charge in [-0.25, -0.2) is 9.98 Å². The van der Waals surface area contributed by atoms with Gasteiger partial charge in [0.2, 0.25) is 5.89 Å². The van der Waals surface area contributed by atoms with Crippen molar-refractivity contribution in [1.29, 1.82) is 0 Å². The Balaban J connectivity index is 0.00000364. The Morgan fingerprint density at radius 2 is 1.96 bits per heavy atom. The Morgan fingerprint density at radius 3 is 2.59 bits per heavy atom. The van der Waals surface area contributed by atoms with Crippen LogP contribution >= 0.6 is 24.0 Å². The zero-order chi connectivity index (χ0) is 18.9. The molecule has 150 valence electrons. The molecule has 0 fully saturated rings. The van der Waals surface area contributed by atoms with Crippen molar-refractivity contribution in [2.24, 2.45) is 10.9 Å². The molecule has 2 rings (SSSR count). The number of halogens is 1. The number of para-hydroxylation sites is 1. The monoisotopic (exact) mass is 486 g/mol. The van der Waals surface area contributed by atoms with Crippen LogP contribution in [0, 0.1) is 19.8 Å². The van der Waals surface area contributed by atoms with Crippen molar-refractivity contribution in [2.45, 2.75) is 47.7 Å². The molecule has 0 spiro atoms. The lowest BCUT2D eigenvalue weighted by Crippen LogP contribution is -2.36. The average molecular weight is 486 g/mol. The van der Waals surface area contributed by atoms with Crippen molar-refractivity contribution >= 4 is 29.9 Å². The third-order valence-corrected chi connectivity index (χ3v) is 3.78. The summed E-state index contributed by atoms with van der Waals surface area (Å²) in [6.07, 6.45) is 0. The molecular weight excluding hydrogens is 455 g/mol. The standard InChI is InChI=1S/C20H30N4O2.HI/c1-6-21-20(23-12-19-24-15(4)16(5)26-19)22-11-17-9-7-8-10-18(17)25-13-14(2)3;/h7-10,14H,6,11-13H2,1-5H3,(H2,21,22,23);1H. The average Bonchev–Trinajstić information content (AvgIpc) is 2.94. The first-order valence-electron chi connectivity index (χ1n) is 9.15. The molecule has 0 atom stereocenters. The summed E-state index contributed by atoms with van der Waals surface area (Å²) in [4.78, 5) is 9.04. The number of hydrogen-bond donors (Lipinski definition) is 2. The van der Waals surface area contributed by atoms with Crippen LogP contribution < -0.4 is 15.4 Å². The Morgan fingerprint density at radius 1 is 1.22 bits per heavy atom. The summed E-state index contributed by atoms with van der Waals surface area (Å²) in [6, 6.07) is 8.03. The first-order chi connectivity index (χ1) is 12.5. The predicted octanol–water partition coefficient (Wildman–Crippen LogP) is 4.20. The number of nitrogens with zero attached hydrogens (tertiary/aromatic N) is 2. The normalized spacial score (nSPS) is 11.3. The third-order valence-electron chi connectivity index (χ3n) is 3.78. The number of aliphatic imine (C=N–C) groups is 1. The van der Waals surface area contributed by atoms with Gasteiger partial charge in [0.15, 0.2) is 5.96 Å². The fourth-order valence-electron chi connectivity index (χ4n) is 2.31. The number of ether oxygens (including phenoxy) is 1. The quantitative estimate of drug-likeness (QED) is 0.333. The minimum atomic E-state index is 0. The van der Waals surface area contributed by atoms with Crippen molar-refractivity contribution in [2.75, 3.05) is 13.2 Å². The summed E-state index contributed by atoms with van der Waals surface area (Å²) in [5, 5.41) is 6.50. The van der Waals surface area contributed by atoms with Crippen LogP contribution in [0.3, 0.4) is 0 Å². The fourth-order valence-corrected chi connectivity index (χ4v) is 2.31. The van der Waals surface area contributed by atoms with E-state index in [0.29, 0.717) is 31.5 Å². The van der Waals surface area contributed by atoms with Crippen LogP contribution in [0.4, 0.5) is 0 Å². The molecule has 0 bridgehead atoms. The van der Waals surface area contributed by atoms with E-state index in [-0.39, 0.29) is 24.0 Å². The van der Waals surface area contributed by atoms with Crippen molar-refractivity contribution in [1.82, 2.24) is 15.6 Å². The van der Waals surface area contributed by atoms with Gasteiger partial charge >= 0.3 is 0 Å². The van der Waals surface area contributed by atoms with Crippen LogP contribution in [0.25, 0.3) is 0 Å². The van der Waals surface area contributed by atoms with Crippen molar-refractivity contribution in [3.63, 3.8) is 0 Å². The van der Waals surface area contributed by atoms with Gasteiger partial charge < -0.3 is 19.8 Å². The molecule has 0 saturated heterocycles. The molecule has 2 N–H and O–H groups in total. The van der Waals surface area contributed by atoms with E-state index in [1.54, 1.807) is 0 Å². The van der Waals surface area contributed by atoms with E-state index < -0.39 is 0 Å². The van der Waals surface area contributed by atoms with E-state index in [1.807, 2.05) is 45.0 Å². The Bertz CT molecular complexity index is 709. The lowest BCUT2D eigenvalue weighted by atomic mass is 10.2. The first-order valence-corrected chi connectivity index (χ1v) is 9.15. The number of hydrogen-bond acceptors (Lipinski definition) is 4. The number of rotatable bonds is 8. The second kappa shape index (κ2) is 11.8. The molecule has 2 aromatic rings. The maximum absolute atomic E-state index is 5.90. The number of benzene rings is 1. The van der Waals surface area contributed by atoms with Crippen molar-refractivity contribution in [3.8, 4) is 5.75 Å². The molecule has 1 aromatic carbocycles. The SMILES string of the molecule is CCNC(=NCc1ccccc1OCC(C)C)NCc1nc(C)c(C)o1.I. The number of nitrogens with one attached hydrogen (secondary N) is 2. The predicted molar refractivity (Wildman–Crippen MR) is 120 cm³/mol. The highest BCUT2D eigenvalue weighted by atomic mass is 127. The zero-order valence-electron chi connectivity index (χ0n) is 16.8. The molecule has 0 aliphatic rings. The van der Waals surface area contributed by atoms with E-state index >= 15 is 0 Å². The van der Waals surface area contributed by atoms with Crippen molar-refractivity contribution < 1.29 is 9.15 Å². The minimum absolute atomic E-state index is 0. The van der Waals surface area contributed by atoms with Crippen molar-refractivity contribution in [3.05, 3.63) is 47.2 Å². The molecule has 0 saturated carbocycles. The summed E-state index contributed by atoms with van der Waals surface area (Å²) < 4.78 is 11.5. The number of oxazole rings is 1. The van der Waals surface area contributed by atoms with Gasteiger partial charge in [-0.1, -0.05) is 32.0 Å². The van der Waals surface area contributed by atoms with Gasteiger partial charge in [-0.3, -0.25) is 0 Å². The van der Waals surface area contributed by atoms with E-state index in [1.165, 1.54) is 0 Å². The lowest BCUT2D eigenvalue weighted by Gasteiger charge is -2.13. The molecule has 7 heteroatoms. The van der Waals surface area contributed by atoms with Crippen LogP contribution in [-0.2, 0) is 13.1 Å². The smallest absolute Gasteiger partial charge is 0.214 e. The van der Waals surface area contributed by atoms with Crippen LogP contribution in [0.15, 0.2) is 33.7 Å². The molecule has 0 unspecified atom stereocenters. The largest absolute Gasteiger partial charge is 0.493 e.